The van der Waals surface area contributed by atoms with E-state index in [4.69, 9.17) is 14.2 Å². The topological polar surface area (TPSA) is 60.0 Å². The fourth-order valence-electron chi connectivity index (χ4n) is 5.97. The number of unbranched alkanes of at least 4 members (excludes halogenated alkanes) is 1. The van der Waals surface area contributed by atoms with Gasteiger partial charge in [-0.2, -0.15) is 0 Å². The van der Waals surface area contributed by atoms with Gasteiger partial charge in [0.25, 0.3) is 5.91 Å². The van der Waals surface area contributed by atoms with Gasteiger partial charge in [0.2, 0.25) is 0 Å². The Morgan fingerprint density at radius 1 is 1.05 bits per heavy atom. The first-order chi connectivity index (χ1) is 18.7. The average Bonchev–Trinajstić information content (AvgIpc) is 3.33. The molecule has 198 valence electrons. The van der Waals surface area contributed by atoms with Gasteiger partial charge >= 0.3 is 0 Å². The molecule has 1 aliphatic carbocycles. The summed E-state index contributed by atoms with van der Waals surface area (Å²) in [6, 6.07) is 20.8. The molecule has 2 heterocycles. The maximum Gasteiger partial charge on any atom is 0.251 e. The molecular formula is C32H36N2O4. The molecule has 1 N–H and O–H groups in total. The van der Waals surface area contributed by atoms with E-state index in [0.29, 0.717) is 19.8 Å². The zero-order valence-electron chi connectivity index (χ0n) is 22.1. The van der Waals surface area contributed by atoms with Crippen LogP contribution in [-0.4, -0.2) is 56.3 Å². The lowest BCUT2D eigenvalue weighted by molar-refractivity contribution is -0.0957. The van der Waals surface area contributed by atoms with Crippen molar-refractivity contribution in [1.29, 1.82) is 0 Å². The highest BCUT2D eigenvalue weighted by atomic mass is 16.5. The summed E-state index contributed by atoms with van der Waals surface area (Å²) >= 11 is 0. The van der Waals surface area contributed by atoms with Crippen LogP contribution in [0.15, 0.2) is 60.7 Å². The third kappa shape index (κ3) is 5.03. The van der Waals surface area contributed by atoms with Gasteiger partial charge in [-0.3, -0.25) is 9.69 Å². The quantitative estimate of drug-likeness (QED) is 0.305. The second-order valence-electron chi connectivity index (χ2n) is 10.4. The highest BCUT2D eigenvalue weighted by Gasteiger charge is 2.38. The van der Waals surface area contributed by atoms with Gasteiger partial charge in [-0.15, -0.1) is 0 Å². The van der Waals surface area contributed by atoms with Crippen molar-refractivity contribution in [2.45, 2.75) is 44.8 Å². The molecule has 3 aromatic rings. The van der Waals surface area contributed by atoms with E-state index >= 15 is 0 Å². The second-order valence-corrected chi connectivity index (χ2v) is 10.4. The Kier molecular flexibility index (Phi) is 7.34. The molecule has 0 spiro atoms. The Morgan fingerprint density at radius 3 is 2.87 bits per heavy atom. The molecule has 0 unspecified atom stereocenters. The van der Waals surface area contributed by atoms with Crippen molar-refractivity contribution in [2.75, 3.05) is 39.5 Å². The van der Waals surface area contributed by atoms with Gasteiger partial charge in [-0.05, 0) is 84.8 Å². The molecule has 1 fully saturated rings. The van der Waals surface area contributed by atoms with Crippen molar-refractivity contribution >= 4 is 5.91 Å². The number of nitrogens with zero attached hydrogens (tertiary/aromatic N) is 1. The van der Waals surface area contributed by atoms with E-state index < -0.39 is 0 Å². The predicted molar refractivity (Wildman–Crippen MR) is 148 cm³/mol. The average molecular weight is 513 g/mol. The van der Waals surface area contributed by atoms with E-state index in [0.717, 1.165) is 68.0 Å². The second kappa shape index (κ2) is 11.2. The molecule has 6 nitrogen and oxygen atoms in total. The van der Waals surface area contributed by atoms with Crippen LogP contribution in [0.1, 0.15) is 59.3 Å². The number of benzene rings is 3. The maximum atomic E-state index is 12.7. The Hall–Kier alpha value is -3.35. The molecule has 0 saturated carbocycles. The van der Waals surface area contributed by atoms with Gasteiger partial charge < -0.3 is 19.5 Å². The highest BCUT2D eigenvalue weighted by Crippen LogP contribution is 2.40. The zero-order chi connectivity index (χ0) is 25.9. The van der Waals surface area contributed by atoms with Crippen molar-refractivity contribution in [3.63, 3.8) is 0 Å². The Labute approximate surface area is 224 Å². The number of amides is 1. The number of morpholine rings is 1. The lowest BCUT2D eigenvalue weighted by Crippen LogP contribution is -2.52. The first-order valence-electron chi connectivity index (χ1n) is 14.0. The largest absolute Gasteiger partial charge is 0.494 e. The van der Waals surface area contributed by atoms with Gasteiger partial charge in [0.1, 0.15) is 24.2 Å². The number of hydrogen-bond donors (Lipinski definition) is 1. The Bertz CT molecular complexity index is 1300. The van der Waals surface area contributed by atoms with Crippen LogP contribution in [0.2, 0.25) is 0 Å². The van der Waals surface area contributed by atoms with Gasteiger partial charge in [0.15, 0.2) is 0 Å². The molecule has 1 amide bonds. The van der Waals surface area contributed by atoms with Crippen LogP contribution in [0, 0.1) is 0 Å². The van der Waals surface area contributed by atoms with Gasteiger partial charge in [0.05, 0.1) is 19.3 Å². The van der Waals surface area contributed by atoms with Crippen molar-refractivity contribution in [1.82, 2.24) is 10.2 Å². The summed E-state index contributed by atoms with van der Waals surface area (Å²) < 4.78 is 18.3. The van der Waals surface area contributed by atoms with Crippen LogP contribution in [0.4, 0.5) is 0 Å². The van der Waals surface area contributed by atoms with Crippen LogP contribution >= 0.6 is 0 Å². The molecule has 3 aliphatic rings. The molecule has 3 aromatic carbocycles. The number of fused-ring (bicyclic) bond motifs is 6. The van der Waals surface area contributed by atoms with Gasteiger partial charge in [-0.1, -0.05) is 37.3 Å². The molecule has 0 bridgehead atoms. The van der Waals surface area contributed by atoms with Crippen LogP contribution in [-0.2, 0) is 11.2 Å². The summed E-state index contributed by atoms with van der Waals surface area (Å²) in [5.41, 5.74) is 6.90. The van der Waals surface area contributed by atoms with Crippen molar-refractivity contribution < 1.29 is 19.0 Å². The highest BCUT2D eigenvalue weighted by molar-refractivity contribution is 5.95. The van der Waals surface area contributed by atoms with Crippen LogP contribution < -0.4 is 14.8 Å². The zero-order valence-corrected chi connectivity index (χ0v) is 22.1. The van der Waals surface area contributed by atoms with E-state index in [2.05, 4.69) is 53.5 Å². The van der Waals surface area contributed by atoms with Gasteiger partial charge in [0, 0.05) is 24.2 Å². The molecule has 0 radical (unpaired) electrons. The summed E-state index contributed by atoms with van der Waals surface area (Å²) in [6.07, 6.45) is 3.77. The molecule has 38 heavy (non-hydrogen) atoms. The predicted octanol–water partition coefficient (Wildman–Crippen LogP) is 5.39. The number of carbonyl (C=O) groups excluding carboxylic acids is 1. The van der Waals surface area contributed by atoms with Crippen LogP contribution in [0.5, 0.6) is 11.5 Å². The summed E-state index contributed by atoms with van der Waals surface area (Å²) in [4.78, 5) is 15.2. The monoisotopic (exact) mass is 512 g/mol. The number of ether oxygens (including phenoxy) is 3. The maximum absolute atomic E-state index is 12.7. The molecule has 6 rings (SSSR count). The van der Waals surface area contributed by atoms with Gasteiger partial charge in [-0.25, -0.2) is 0 Å². The van der Waals surface area contributed by atoms with Crippen molar-refractivity contribution in [3.05, 3.63) is 82.9 Å². The van der Waals surface area contributed by atoms with E-state index in [1.165, 1.54) is 22.3 Å². The number of rotatable bonds is 9. The fraction of sp³-hybridized carbons (Fsp3) is 0.406. The summed E-state index contributed by atoms with van der Waals surface area (Å²) in [6.45, 7) is 6.88. The number of hydrogen-bond acceptors (Lipinski definition) is 5. The Balaban J connectivity index is 0.966. The molecule has 0 aromatic heterocycles. The molecule has 2 atom stereocenters. The first kappa shape index (κ1) is 25.0. The first-order valence-corrected chi connectivity index (χ1v) is 14.0. The van der Waals surface area contributed by atoms with Crippen LogP contribution in [0.25, 0.3) is 11.1 Å². The summed E-state index contributed by atoms with van der Waals surface area (Å²) in [5, 5.41) is 3.06. The fourth-order valence-corrected chi connectivity index (χ4v) is 5.97. The van der Waals surface area contributed by atoms with Crippen LogP contribution in [0.3, 0.4) is 0 Å². The van der Waals surface area contributed by atoms with E-state index in [1.54, 1.807) is 0 Å². The van der Waals surface area contributed by atoms with E-state index in [9.17, 15) is 4.79 Å². The normalized spacial score (nSPS) is 19.5. The third-order valence-electron chi connectivity index (χ3n) is 7.88. The van der Waals surface area contributed by atoms with E-state index in [1.807, 2.05) is 24.3 Å². The standard InChI is InChI=1S/C32H36N2O4/c1-2-14-34-15-17-37-31-28-20-25(10-12-30(28)38-21-29(31)34)36-16-6-5-13-33-32(35)23-9-11-27-24(19-23)18-22-7-3-4-8-26(22)27/h3-4,7-12,19-20,29,31H,2,5-6,13-18,21H2,1H3,(H,33,35)/t29-,31-/m1/s1. The Morgan fingerprint density at radius 2 is 1.95 bits per heavy atom. The molecule has 2 aliphatic heterocycles. The minimum absolute atomic E-state index is 0.0153. The minimum atomic E-state index is -0.0153. The summed E-state index contributed by atoms with van der Waals surface area (Å²) in [7, 11) is 0. The minimum Gasteiger partial charge on any atom is -0.494 e. The van der Waals surface area contributed by atoms with Crippen molar-refractivity contribution in [2.24, 2.45) is 0 Å². The third-order valence-corrected chi connectivity index (χ3v) is 7.88. The molecule has 6 heteroatoms. The molecular weight excluding hydrogens is 476 g/mol. The van der Waals surface area contributed by atoms with E-state index in [-0.39, 0.29) is 18.1 Å². The lowest BCUT2D eigenvalue weighted by atomic mass is 9.96. The number of nitrogens with one attached hydrogen (secondary N) is 1. The van der Waals surface area contributed by atoms with Crippen molar-refractivity contribution in [3.8, 4) is 22.6 Å². The lowest BCUT2D eigenvalue weighted by Gasteiger charge is -2.44. The SMILES string of the molecule is CCCN1CCO[C@@H]2c3cc(OCCCCNC(=O)c4ccc5c(c4)Cc4ccccc4-5)ccc3OC[C@H]21. The smallest absolute Gasteiger partial charge is 0.251 e. The molecule has 1 saturated heterocycles. The number of carbonyl (C=O) groups is 1. The summed E-state index contributed by atoms with van der Waals surface area (Å²) in [5.74, 6) is 1.72.